The Bertz CT molecular complexity index is 368. The average Bonchev–Trinajstić information content (AvgIpc) is 2.61. The molecule has 0 saturated carbocycles. The molecule has 6 atom stereocenters. The smallest absolute Gasteiger partial charge is 0.0212 e. The molecule has 148 valence electrons. The maximum Gasteiger partial charge on any atom is 0.0212 e. The molecule has 6 unspecified atom stereocenters. The lowest BCUT2D eigenvalue weighted by atomic mass is 9.85. The Kier molecular flexibility index (Phi) is 14.3. The topological polar surface area (TPSA) is 24.1 Å². The summed E-state index contributed by atoms with van der Waals surface area (Å²) < 4.78 is 0. The molecule has 25 heavy (non-hydrogen) atoms. The van der Waals surface area contributed by atoms with Gasteiger partial charge in [-0.15, -0.1) is 11.8 Å². The second-order valence-corrected chi connectivity index (χ2v) is 8.25. The van der Waals surface area contributed by atoms with Gasteiger partial charge in [0, 0.05) is 18.0 Å². The number of hydrazine groups is 1. The fourth-order valence-electron chi connectivity index (χ4n) is 3.34. The predicted octanol–water partition coefficient (Wildman–Crippen LogP) is 6.18. The van der Waals surface area contributed by atoms with Crippen molar-refractivity contribution in [3.05, 3.63) is 0 Å². The highest BCUT2D eigenvalue weighted by Crippen LogP contribution is 2.23. The molecule has 0 aliphatic rings. The van der Waals surface area contributed by atoms with Gasteiger partial charge in [0.2, 0.25) is 0 Å². The fourth-order valence-corrected chi connectivity index (χ4v) is 3.34. The van der Waals surface area contributed by atoms with Gasteiger partial charge in [0.05, 0.1) is 0 Å². The first kappa shape index (κ1) is 24.5. The third kappa shape index (κ3) is 10.9. The molecule has 2 heteroatoms. The molecule has 0 saturated heterocycles. The van der Waals surface area contributed by atoms with E-state index in [-0.39, 0.29) is 0 Å². The molecule has 2 N–H and O–H groups in total. The quantitative estimate of drug-likeness (QED) is 0.289. The zero-order valence-corrected chi connectivity index (χ0v) is 18.4. The van der Waals surface area contributed by atoms with Gasteiger partial charge in [-0.25, -0.2) is 0 Å². The maximum absolute atomic E-state index is 3.58. The minimum atomic E-state index is 0.494. The molecular formula is C23H46N2. The van der Waals surface area contributed by atoms with Crippen molar-refractivity contribution in [3.63, 3.8) is 0 Å². The van der Waals surface area contributed by atoms with Crippen LogP contribution in [0, 0.1) is 35.5 Å². The minimum absolute atomic E-state index is 0.494. The van der Waals surface area contributed by atoms with Crippen molar-refractivity contribution in [2.45, 2.75) is 112 Å². The molecule has 0 fully saturated rings. The Morgan fingerprint density at radius 3 is 1.92 bits per heavy atom. The third-order valence-corrected chi connectivity index (χ3v) is 6.14. The Labute approximate surface area is 159 Å². The van der Waals surface area contributed by atoms with Crippen LogP contribution in [0.1, 0.15) is 100 Å². The first-order chi connectivity index (χ1) is 11.9. The monoisotopic (exact) mass is 350 g/mol. The van der Waals surface area contributed by atoms with E-state index in [0.717, 1.165) is 11.8 Å². The second kappa shape index (κ2) is 14.6. The predicted molar refractivity (Wildman–Crippen MR) is 113 cm³/mol. The van der Waals surface area contributed by atoms with Gasteiger partial charge >= 0.3 is 0 Å². The first-order valence-corrected chi connectivity index (χ1v) is 10.8. The number of hydrogen-bond donors (Lipinski definition) is 2. The van der Waals surface area contributed by atoms with Gasteiger partial charge in [-0.05, 0) is 57.8 Å². The zero-order chi connectivity index (χ0) is 19.2. The van der Waals surface area contributed by atoms with E-state index in [1.54, 1.807) is 0 Å². The van der Waals surface area contributed by atoms with Crippen LogP contribution in [-0.4, -0.2) is 12.1 Å². The summed E-state index contributed by atoms with van der Waals surface area (Å²) in [5.41, 5.74) is 7.14. The Morgan fingerprint density at radius 1 is 0.760 bits per heavy atom. The van der Waals surface area contributed by atoms with Gasteiger partial charge in [-0.2, -0.15) is 0 Å². The lowest BCUT2D eigenvalue weighted by molar-refractivity contribution is 0.231. The van der Waals surface area contributed by atoms with Crippen molar-refractivity contribution < 1.29 is 0 Å². The van der Waals surface area contributed by atoms with Crippen molar-refractivity contribution >= 4 is 0 Å². The molecule has 0 aromatic rings. The zero-order valence-electron chi connectivity index (χ0n) is 18.4. The number of nitrogens with one attached hydrogen (secondary N) is 2. The Hall–Kier alpha value is -0.520. The fraction of sp³-hybridized carbons (Fsp3) is 0.913. The highest BCUT2D eigenvalue weighted by atomic mass is 15.4. The summed E-state index contributed by atoms with van der Waals surface area (Å²) in [4.78, 5) is 0. The van der Waals surface area contributed by atoms with E-state index in [1.807, 2.05) is 6.92 Å². The highest BCUT2D eigenvalue weighted by molar-refractivity contribution is 5.00. The summed E-state index contributed by atoms with van der Waals surface area (Å²) in [6.07, 6.45) is 8.96. The lowest BCUT2D eigenvalue weighted by Crippen LogP contribution is -2.49. The maximum atomic E-state index is 3.58. The third-order valence-electron chi connectivity index (χ3n) is 6.14. The van der Waals surface area contributed by atoms with Crippen LogP contribution in [-0.2, 0) is 0 Å². The molecule has 2 nitrogen and oxygen atoms in total. The van der Waals surface area contributed by atoms with Gasteiger partial charge in [0.15, 0.2) is 0 Å². The molecule has 0 aliphatic carbocycles. The van der Waals surface area contributed by atoms with Gasteiger partial charge in [0.25, 0.3) is 0 Å². The van der Waals surface area contributed by atoms with E-state index in [1.165, 1.54) is 44.9 Å². The van der Waals surface area contributed by atoms with Crippen LogP contribution in [0.25, 0.3) is 0 Å². The first-order valence-electron chi connectivity index (χ1n) is 10.8. The van der Waals surface area contributed by atoms with E-state index in [2.05, 4.69) is 71.2 Å². The summed E-state index contributed by atoms with van der Waals surface area (Å²) in [6, 6.07) is 1.02. The van der Waals surface area contributed by atoms with Gasteiger partial charge < -0.3 is 0 Å². The van der Waals surface area contributed by atoms with Crippen LogP contribution in [0.4, 0.5) is 0 Å². The van der Waals surface area contributed by atoms with E-state index in [0.29, 0.717) is 23.9 Å². The van der Waals surface area contributed by atoms with Crippen LogP contribution >= 0.6 is 0 Å². The SMILES string of the molecule is CC#CC(CC)CCCC(C)C(C)C(C)NNC(C)C(C)CCCC. The molecule has 0 radical (unpaired) electrons. The van der Waals surface area contributed by atoms with Crippen LogP contribution in [0.2, 0.25) is 0 Å². The number of rotatable bonds is 14. The standard InChI is InChI=1S/C23H46N2/c1-9-12-15-19(5)21(7)24-25-22(8)20(6)18(4)16-13-17-23(11-3)14-10-2/h18-25H,9,11-13,15-17H2,1-8H3. The molecule has 0 aromatic carbocycles. The number of unbranched alkanes of at least 4 members (excludes halogenated alkanes) is 1. The van der Waals surface area contributed by atoms with Gasteiger partial charge in [-0.1, -0.05) is 60.3 Å². The van der Waals surface area contributed by atoms with Gasteiger partial charge in [-0.3, -0.25) is 10.9 Å². The van der Waals surface area contributed by atoms with Crippen molar-refractivity contribution in [2.75, 3.05) is 0 Å². The molecule has 0 amide bonds. The minimum Gasteiger partial charge on any atom is -0.255 e. The van der Waals surface area contributed by atoms with Crippen molar-refractivity contribution in [1.82, 2.24) is 10.9 Å². The van der Waals surface area contributed by atoms with Crippen molar-refractivity contribution in [2.24, 2.45) is 23.7 Å². The summed E-state index contributed by atoms with van der Waals surface area (Å²) in [6.45, 7) is 18.2. The van der Waals surface area contributed by atoms with Crippen LogP contribution in [0.5, 0.6) is 0 Å². The molecule has 0 rings (SSSR count). The number of hydrogen-bond acceptors (Lipinski definition) is 2. The van der Waals surface area contributed by atoms with E-state index < -0.39 is 0 Å². The van der Waals surface area contributed by atoms with Crippen LogP contribution < -0.4 is 10.9 Å². The molecule has 0 heterocycles. The van der Waals surface area contributed by atoms with Crippen molar-refractivity contribution in [3.8, 4) is 11.8 Å². The second-order valence-electron chi connectivity index (χ2n) is 8.25. The highest BCUT2D eigenvalue weighted by Gasteiger charge is 2.20. The van der Waals surface area contributed by atoms with Crippen LogP contribution in [0.3, 0.4) is 0 Å². The van der Waals surface area contributed by atoms with Crippen molar-refractivity contribution in [1.29, 1.82) is 0 Å². The Morgan fingerprint density at radius 2 is 1.36 bits per heavy atom. The van der Waals surface area contributed by atoms with Crippen LogP contribution in [0.15, 0.2) is 0 Å². The van der Waals surface area contributed by atoms with E-state index in [4.69, 9.17) is 0 Å². The normalized spacial score (nSPS) is 18.6. The largest absolute Gasteiger partial charge is 0.255 e. The lowest BCUT2D eigenvalue weighted by Gasteiger charge is -2.30. The molecule has 0 bridgehead atoms. The van der Waals surface area contributed by atoms with E-state index >= 15 is 0 Å². The average molecular weight is 351 g/mol. The molecular weight excluding hydrogens is 304 g/mol. The molecule has 0 aliphatic heterocycles. The molecule has 0 aromatic heterocycles. The summed E-state index contributed by atoms with van der Waals surface area (Å²) in [7, 11) is 0. The van der Waals surface area contributed by atoms with E-state index in [9.17, 15) is 0 Å². The Balaban J connectivity index is 4.12. The molecule has 0 spiro atoms. The summed E-state index contributed by atoms with van der Waals surface area (Å²) >= 11 is 0. The van der Waals surface area contributed by atoms with Gasteiger partial charge in [0.1, 0.15) is 0 Å². The summed E-state index contributed by atoms with van der Waals surface area (Å²) in [5, 5.41) is 0. The summed E-state index contributed by atoms with van der Waals surface area (Å²) in [5.74, 6) is 9.14.